The summed E-state index contributed by atoms with van der Waals surface area (Å²) in [5.74, 6) is 0.0452. The fourth-order valence-corrected chi connectivity index (χ4v) is 4.86. The second-order valence-corrected chi connectivity index (χ2v) is 9.37. The summed E-state index contributed by atoms with van der Waals surface area (Å²) in [4.78, 5) is 31.3. The van der Waals surface area contributed by atoms with Crippen molar-refractivity contribution in [2.45, 2.75) is 38.0 Å². The van der Waals surface area contributed by atoms with Crippen molar-refractivity contribution in [2.75, 3.05) is 17.8 Å². The Balaban J connectivity index is 1.64. The lowest BCUT2D eigenvalue weighted by Gasteiger charge is -2.32. The van der Waals surface area contributed by atoms with Crippen LogP contribution in [0.1, 0.15) is 49.0 Å². The number of aromatic nitrogens is 3. The topological polar surface area (TPSA) is 112 Å². The number of rotatable bonds is 7. The number of hydrogen-bond acceptors (Lipinski definition) is 8. The number of ether oxygens (including phenoxy) is 1. The quantitative estimate of drug-likeness (QED) is 0.197. The van der Waals surface area contributed by atoms with Gasteiger partial charge < -0.3 is 14.3 Å². The molecule has 0 radical (unpaired) electrons. The van der Waals surface area contributed by atoms with Crippen LogP contribution in [-0.4, -0.2) is 34.8 Å². The first kappa shape index (κ1) is 25.5. The second kappa shape index (κ2) is 10.7. The highest BCUT2D eigenvalue weighted by Gasteiger charge is 2.46. The smallest absolute Gasteiger partial charge is 0.338 e. The number of furan rings is 1. The summed E-state index contributed by atoms with van der Waals surface area (Å²) in [6.45, 7) is 4.00. The molecule has 38 heavy (non-hydrogen) atoms. The van der Waals surface area contributed by atoms with Crippen molar-refractivity contribution >= 4 is 29.3 Å². The van der Waals surface area contributed by atoms with Crippen LogP contribution < -0.4 is 14.7 Å². The molecule has 1 aliphatic heterocycles. The zero-order valence-corrected chi connectivity index (χ0v) is 22.0. The fraction of sp³-hybridized carbons (Fsp3) is 0.250. The van der Waals surface area contributed by atoms with Crippen molar-refractivity contribution in [1.29, 1.82) is 0 Å². The number of fused-ring (bicyclic) bond motifs is 3. The van der Waals surface area contributed by atoms with Crippen LogP contribution in [0.5, 0.6) is 5.88 Å². The maximum Gasteiger partial charge on any atom is 0.338 e. The normalized spacial score (nSPS) is 14.1. The van der Waals surface area contributed by atoms with Gasteiger partial charge >= 0.3 is 12.1 Å². The van der Waals surface area contributed by atoms with Crippen LogP contribution >= 0.6 is 11.8 Å². The van der Waals surface area contributed by atoms with Gasteiger partial charge in [-0.2, -0.15) is 0 Å². The van der Waals surface area contributed by atoms with Gasteiger partial charge in [0.1, 0.15) is 5.76 Å². The molecule has 10 heteroatoms. The molecule has 0 spiro atoms. The number of para-hydroxylation sites is 1. The van der Waals surface area contributed by atoms with Crippen molar-refractivity contribution in [3.8, 4) is 28.5 Å². The number of esters is 1. The molecule has 2 aromatic carbocycles. The Morgan fingerprint density at radius 1 is 1.11 bits per heavy atom. The summed E-state index contributed by atoms with van der Waals surface area (Å²) >= 11 is 1.25. The third-order valence-electron chi connectivity index (χ3n) is 6.19. The molecule has 0 saturated carbocycles. The van der Waals surface area contributed by atoms with Gasteiger partial charge in [-0.25, -0.2) is 14.7 Å². The molecule has 9 nitrogen and oxygen atoms in total. The third kappa shape index (κ3) is 4.51. The molecule has 0 saturated heterocycles. The molecule has 0 fully saturated rings. The lowest BCUT2D eigenvalue weighted by molar-refractivity contribution is -0.765. The lowest BCUT2D eigenvalue weighted by atomic mass is 10.0. The van der Waals surface area contributed by atoms with Crippen LogP contribution in [0, 0.1) is 0 Å². The molecular formula is C28H26N4O5S. The van der Waals surface area contributed by atoms with Crippen LogP contribution in [-0.2, 0) is 9.53 Å². The molecule has 5 rings (SSSR count). The first-order valence-electron chi connectivity index (χ1n) is 12.3. The van der Waals surface area contributed by atoms with Crippen molar-refractivity contribution in [3.05, 3.63) is 72.0 Å². The molecule has 0 bridgehead atoms. The first-order chi connectivity index (χ1) is 18.5. The standard InChI is InChI=1S/C28H26N4O5S/c1-4-8-23(33)31-20-10-7-6-9-19(20)24-25(34)29-28(38-3)30-32(24)26(31)22-16-15-21(37-22)17-11-13-18(14-12-17)27(35)36-5-2/h6-7,9-16,26H,4-5,8H2,1-3H3. The predicted molar refractivity (Wildman–Crippen MR) is 140 cm³/mol. The SMILES string of the molecule is CCCC(=O)N1c2ccccc2-c2c([O-])nc(SC)n[n+]2C1c1ccc(-c2ccc(C(=O)OCC)cc2)o1. The van der Waals surface area contributed by atoms with E-state index in [-0.39, 0.29) is 5.91 Å². The summed E-state index contributed by atoms with van der Waals surface area (Å²) in [7, 11) is 0. The number of carbonyl (C=O) groups excluding carboxylic acids is 2. The Labute approximate surface area is 224 Å². The average Bonchev–Trinajstić information content (AvgIpc) is 3.42. The number of hydrogen-bond donors (Lipinski definition) is 0. The Bertz CT molecular complexity index is 1500. The predicted octanol–water partition coefficient (Wildman–Crippen LogP) is 4.36. The van der Waals surface area contributed by atoms with Crippen LogP contribution in [0.15, 0.2) is 70.2 Å². The van der Waals surface area contributed by atoms with E-state index in [0.717, 1.165) is 5.56 Å². The number of nitrogens with zero attached hydrogens (tertiary/aromatic N) is 4. The van der Waals surface area contributed by atoms with Gasteiger partial charge in [0, 0.05) is 17.1 Å². The summed E-state index contributed by atoms with van der Waals surface area (Å²) in [5.41, 5.74) is 2.67. The largest absolute Gasteiger partial charge is 0.854 e. The fourth-order valence-electron chi connectivity index (χ4n) is 4.51. The highest BCUT2D eigenvalue weighted by molar-refractivity contribution is 7.98. The van der Waals surface area contributed by atoms with Gasteiger partial charge in [0.15, 0.2) is 5.76 Å². The van der Waals surface area contributed by atoms with E-state index in [1.807, 2.05) is 25.1 Å². The van der Waals surface area contributed by atoms with E-state index >= 15 is 0 Å². The third-order valence-corrected chi connectivity index (χ3v) is 6.73. The van der Waals surface area contributed by atoms with Crippen LogP contribution in [0.25, 0.3) is 22.6 Å². The van der Waals surface area contributed by atoms with E-state index < -0.39 is 18.0 Å². The summed E-state index contributed by atoms with van der Waals surface area (Å²) in [6, 6.07) is 17.7. The molecule has 0 N–H and O–H groups in total. The molecule has 4 aromatic rings. The first-order valence-corrected chi connectivity index (χ1v) is 13.5. The summed E-state index contributed by atoms with van der Waals surface area (Å²) in [6.07, 6.45) is 1.94. The van der Waals surface area contributed by atoms with Crippen molar-refractivity contribution in [2.24, 2.45) is 0 Å². The molecule has 3 heterocycles. The van der Waals surface area contributed by atoms with Crippen LogP contribution in [0.3, 0.4) is 0 Å². The molecule has 2 aromatic heterocycles. The molecule has 1 aliphatic rings. The lowest BCUT2D eigenvalue weighted by Crippen LogP contribution is -2.59. The highest BCUT2D eigenvalue weighted by Crippen LogP contribution is 2.42. The molecule has 1 unspecified atom stereocenters. The van der Waals surface area contributed by atoms with Gasteiger partial charge in [-0.3, -0.25) is 4.79 Å². The summed E-state index contributed by atoms with van der Waals surface area (Å²) < 4.78 is 12.9. The van der Waals surface area contributed by atoms with E-state index in [4.69, 9.17) is 9.15 Å². The van der Waals surface area contributed by atoms with E-state index in [1.54, 1.807) is 65.2 Å². The number of benzene rings is 2. The van der Waals surface area contributed by atoms with Crippen LogP contribution in [0.2, 0.25) is 0 Å². The van der Waals surface area contributed by atoms with E-state index in [9.17, 15) is 14.7 Å². The minimum absolute atomic E-state index is 0.114. The van der Waals surface area contributed by atoms with Gasteiger partial charge in [0.25, 0.3) is 10.9 Å². The van der Waals surface area contributed by atoms with Gasteiger partial charge in [-0.15, -0.1) is 0 Å². The zero-order chi connectivity index (χ0) is 26.8. The maximum absolute atomic E-state index is 13.5. The molecule has 194 valence electrons. The highest BCUT2D eigenvalue weighted by atomic mass is 32.2. The second-order valence-electron chi connectivity index (χ2n) is 8.60. The Hall–Kier alpha value is -4.18. The average molecular weight is 531 g/mol. The minimum Gasteiger partial charge on any atom is -0.854 e. The van der Waals surface area contributed by atoms with Crippen molar-refractivity contribution in [1.82, 2.24) is 10.1 Å². The van der Waals surface area contributed by atoms with Gasteiger partial charge in [0.05, 0.1) is 29.3 Å². The minimum atomic E-state index is -0.826. The monoisotopic (exact) mass is 530 g/mol. The van der Waals surface area contributed by atoms with E-state index in [1.165, 1.54) is 11.8 Å². The Kier molecular flexibility index (Phi) is 7.15. The Morgan fingerprint density at radius 3 is 2.58 bits per heavy atom. The number of amides is 1. The summed E-state index contributed by atoms with van der Waals surface area (Å²) in [5, 5.41) is 18.1. The van der Waals surface area contributed by atoms with Crippen molar-refractivity contribution < 1.29 is 28.5 Å². The van der Waals surface area contributed by atoms with Gasteiger partial charge in [-0.1, -0.05) is 43.0 Å². The molecule has 1 atom stereocenters. The number of thioether (sulfide) groups is 1. The molecule has 0 aliphatic carbocycles. The number of anilines is 1. The number of carbonyl (C=O) groups is 2. The maximum atomic E-state index is 13.5. The van der Waals surface area contributed by atoms with E-state index in [0.29, 0.717) is 58.6 Å². The van der Waals surface area contributed by atoms with Crippen LogP contribution in [0.4, 0.5) is 5.69 Å². The Morgan fingerprint density at radius 2 is 1.87 bits per heavy atom. The van der Waals surface area contributed by atoms with Crippen molar-refractivity contribution in [3.63, 3.8) is 0 Å². The van der Waals surface area contributed by atoms with Gasteiger partial charge in [-0.05, 0) is 60.7 Å². The molecular weight excluding hydrogens is 504 g/mol. The zero-order valence-electron chi connectivity index (χ0n) is 21.2. The van der Waals surface area contributed by atoms with Gasteiger partial charge in [0.2, 0.25) is 5.91 Å². The molecule has 1 amide bonds. The van der Waals surface area contributed by atoms with E-state index in [2.05, 4.69) is 10.1 Å².